The van der Waals surface area contributed by atoms with Crippen molar-refractivity contribution in [3.8, 4) is 17.1 Å². The first-order chi connectivity index (χ1) is 24.7. The van der Waals surface area contributed by atoms with Crippen LogP contribution in [-0.4, -0.2) is 9.55 Å². The topological polar surface area (TPSA) is 44.1 Å². The number of benzene rings is 7. The molecule has 0 unspecified atom stereocenters. The Morgan fingerprint density at radius 1 is 0.605 bits per heavy atom. The number of para-hydroxylation sites is 3. The van der Waals surface area contributed by atoms with Crippen LogP contribution in [-0.2, 0) is 0 Å². The number of aromatic nitrogens is 2. The van der Waals surface area contributed by atoms with Crippen molar-refractivity contribution < 1.29 is 19.8 Å². The van der Waals surface area contributed by atoms with Crippen molar-refractivity contribution in [1.82, 2.24) is 9.55 Å². The first-order valence-corrected chi connectivity index (χ1v) is 13.8. The summed E-state index contributed by atoms with van der Waals surface area (Å²) in [6, 6.07) is 23.9. The van der Waals surface area contributed by atoms with Gasteiger partial charge >= 0.3 is 0 Å². The molecule has 200 valence electrons. The molecule has 0 aliphatic rings. The van der Waals surface area contributed by atoms with Gasteiger partial charge in [0.05, 0.1) is 33.3 Å². The average Bonchev–Trinajstić information content (AvgIpc) is 3.84. The van der Waals surface area contributed by atoms with Gasteiger partial charge in [0, 0.05) is 38.4 Å². The summed E-state index contributed by atoms with van der Waals surface area (Å²) in [5, 5.41) is 3.65. The summed E-state index contributed by atoms with van der Waals surface area (Å²) < 4.78 is 86.7. The molecule has 0 fully saturated rings. The summed E-state index contributed by atoms with van der Waals surface area (Å²) >= 11 is 0. The number of rotatable bonds is 2. The number of hydrogen-bond donors (Lipinski definition) is 0. The van der Waals surface area contributed by atoms with Gasteiger partial charge < -0.3 is 13.4 Å². The van der Waals surface area contributed by atoms with Crippen molar-refractivity contribution in [2.45, 2.75) is 0 Å². The molecule has 0 atom stereocenters. The molecular weight excluding hydrogens is 528 g/mol. The van der Waals surface area contributed by atoms with E-state index in [9.17, 15) is 4.11 Å². The average molecular weight is 559 g/mol. The molecular formula is C39H22N2O2. The minimum absolute atomic E-state index is 0.0333. The fourth-order valence-electron chi connectivity index (χ4n) is 6.29. The molecule has 0 bridgehead atoms. The quantitative estimate of drug-likeness (QED) is 0.212. The largest absolute Gasteiger partial charge is 0.455 e. The van der Waals surface area contributed by atoms with Crippen LogP contribution >= 0.6 is 0 Å². The highest BCUT2D eigenvalue weighted by molar-refractivity contribution is 6.21. The van der Waals surface area contributed by atoms with Crippen LogP contribution in [0, 0.1) is 0 Å². The molecule has 3 heterocycles. The lowest BCUT2D eigenvalue weighted by Crippen LogP contribution is -1.96. The summed E-state index contributed by atoms with van der Waals surface area (Å²) in [7, 11) is 0. The summed E-state index contributed by atoms with van der Waals surface area (Å²) in [5.74, 6) is 0.0433. The maximum Gasteiger partial charge on any atom is 0.228 e. The minimum atomic E-state index is -0.529. The Balaban J connectivity index is 1.48. The highest BCUT2D eigenvalue weighted by Gasteiger charge is 2.22. The Bertz CT molecular complexity index is 3160. The van der Waals surface area contributed by atoms with E-state index in [4.69, 9.17) is 20.7 Å². The SMILES string of the molecule is [2H]c1c([2H])c([2H])c2c(c1[2H])c([2H])c([2H])c1c2oc2c([2H])c(-n3c4ccccc4c4ccc5ccccc5c43)c([2H])c(-c3nc4ccccc4o3)c21. The van der Waals surface area contributed by atoms with Crippen molar-refractivity contribution in [1.29, 1.82) is 0 Å². The molecule has 0 radical (unpaired) electrons. The van der Waals surface area contributed by atoms with Crippen LogP contribution in [0.25, 0.3) is 93.5 Å². The van der Waals surface area contributed by atoms with Gasteiger partial charge in [0.1, 0.15) is 16.7 Å². The van der Waals surface area contributed by atoms with E-state index >= 15 is 0 Å². The first-order valence-electron chi connectivity index (χ1n) is 17.8. The molecule has 3 aromatic heterocycles. The van der Waals surface area contributed by atoms with Gasteiger partial charge in [-0.2, -0.15) is 0 Å². The standard InChI is InChI=1S/C39H22N2O2/c1-3-11-26-23(9-1)17-19-29-28-13-5-7-15-33(28)41(37(26)29)25-21-31(39-40-32-14-6-8-16-34(32)43-39)36-30-20-18-24-10-2-4-12-27(24)38(30)42-35(36)22-25/h1-22H/i2D,4D,10D,12D,18D,20D,21D,22D. The predicted octanol–water partition coefficient (Wildman–Crippen LogP) is 10.8. The molecule has 0 saturated carbocycles. The van der Waals surface area contributed by atoms with Gasteiger partial charge in [-0.05, 0) is 41.1 Å². The van der Waals surface area contributed by atoms with Crippen LogP contribution < -0.4 is 0 Å². The third-order valence-corrected chi connectivity index (χ3v) is 8.15. The fraction of sp³-hybridized carbons (Fsp3) is 0. The second-order valence-electron chi connectivity index (χ2n) is 10.5. The van der Waals surface area contributed by atoms with Gasteiger partial charge in [0.15, 0.2) is 5.58 Å². The lowest BCUT2D eigenvalue weighted by molar-refractivity contribution is 0.620. The molecule has 0 amide bonds. The molecule has 0 aliphatic heterocycles. The summed E-state index contributed by atoms with van der Waals surface area (Å²) in [5.41, 5.74) is 2.70. The molecule has 4 heteroatoms. The zero-order chi connectivity index (χ0) is 35.0. The Morgan fingerprint density at radius 3 is 2.40 bits per heavy atom. The highest BCUT2D eigenvalue weighted by atomic mass is 16.3. The van der Waals surface area contributed by atoms with Gasteiger partial charge in [-0.25, -0.2) is 4.98 Å². The zero-order valence-corrected chi connectivity index (χ0v) is 22.3. The third kappa shape index (κ3) is 3.12. The van der Waals surface area contributed by atoms with Gasteiger partial charge in [0.2, 0.25) is 5.89 Å². The van der Waals surface area contributed by atoms with E-state index < -0.39 is 30.2 Å². The molecule has 0 spiro atoms. The highest BCUT2D eigenvalue weighted by Crippen LogP contribution is 2.43. The van der Waals surface area contributed by atoms with E-state index in [0.717, 1.165) is 32.6 Å². The van der Waals surface area contributed by atoms with Gasteiger partial charge in [-0.15, -0.1) is 0 Å². The molecule has 43 heavy (non-hydrogen) atoms. The van der Waals surface area contributed by atoms with Crippen molar-refractivity contribution in [2.24, 2.45) is 0 Å². The maximum absolute atomic E-state index is 9.94. The summed E-state index contributed by atoms with van der Waals surface area (Å²) in [6.07, 6.45) is 0. The van der Waals surface area contributed by atoms with E-state index in [2.05, 4.69) is 0 Å². The van der Waals surface area contributed by atoms with Crippen LogP contribution in [0.2, 0.25) is 0 Å². The molecule has 10 aromatic rings. The predicted molar refractivity (Wildman–Crippen MR) is 176 cm³/mol. The summed E-state index contributed by atoms with van der Waals surface area (Å²) in [6.45, 7) is 0. The Morgan fingerprint density at radius 2 is 1.44 bits per heavy atom. The van der Waals surface area contributed by atoms with Gasteiger partial charge in [-0.3, -0.25) is 0 Å². The second kappa shape index (κ2) is 8.34. The Hall–Kier alpha value is -5.87. The van der Waals surface area contributed by atoms with Crippen molar-refractivity contribution in [2.75, 3.05) is 0 Å². The van der Waals surface area contributed by atoms with Crippen LogP contribution in [0.1, 0.15) is 11.0 Å². The number of fused-ring (bicyclic) bond motifs is 11. The molecule has 0 aliphatic carbocycles. The fourth-order valence-corrected chi connectivity index (χ4v) is 6.29. The van der Waals surface area contributed by atoms with Gasteiger partial charge in [-0.1, -0.05) is 96.9 Å². The lowest BCUT2D eigenvalue weighted by atomic mass is 10.0. The van der Waals surface area contributed by atoms with E-state index in [-0.39, 0.29) is 68.0 Å². The van der Waals surface area contributed by atoms with Crippen molar-refractivity contribution >= 4 is 76.4 Å². The molecule has 7 aromatic carbocycles. The number of furan rings is 1. The summed E-state index contributed by atoms with van der Waals surface area (Å²) in [4.78, 5) is 4.75. The van der Waals surface area contributed by atoms with E-state index in [1.54, 1.807) is 18.2 Å². The monoisotopic (exact) mass is 558 g/mol. The van der Waals surface area contributed by atoms with E-state index in [0.29, 0.717) is 11.1 Å². The van der Waals surface area contributed by atoms with Crippen molar-refractivity contribution in [3.63, 3.8) is 0 Å². The number of nitrogens with zero attached hydrogens (tertiary/aromatic N) is 2. The molecule has 4 nitrogen and oxygen atoms in total. The zero-order valence-electron chi connectivity index (χ0n) is 30.3. The van der Waals surface area contributed by atoms with E-state index in [1.165, 1.54) is 0 Å². The van der Waals surface area contributed by atoms with Crippen LogP contribution in [0.15, 0.2) is 142 Å². The Labute approximate surface area is 256 Å². The van der Waals surface area contributed by atoms with Crippen LogP contribution in [0.3, 0.4) is 0 Å². The van der Waals surface area contributed by atoms with Gasteiger partial charge in [0.25, 0.3) is 0 Å². The van der Waals surface area contributed by atoms with Crippen LogP contribution in [0.5, 0.6) is 0 Å². The molecule has 10 rings (SSSR count). The number of hydrogen-bond acceptors (Lipinski definition) is 3. The third-order valence-electron chi connectivity index (χ3n) is 8.15. The minimum Gasteiger partial charge on any atom is -0.455 e. The Kier molecular flexibility index (Phi) is 3.21. The second-order valence-corrected chi connectivity index (χ2v) is 10.5. The molecule has 0 saturated heterocycles. The molecule has 0 N–H and O–H groups in total. The van der Waals surface area contributed by atoms with Crippen molar-refractivity contribution in [3.05, 3.63) is 133 Å². The smallest absolute Gasteiger partial charge is 0.228 e. The first kappa shape index (κ1) is 16.5. The van der Waals surface area contributed by atoms with Crippen LogP contribution in [0.4, 0.5) is 0 Å². The van der Waals surface area contributed by atoms with E-state index in [1.807, 2.05) is 71.3 Å². The normalized spacial score (nSPS) is 14.8. The maximum atomic E-state index is 9.94. The lowest BCUT2D eigenvalue weighted by Gasteiger charge is -2.12. The number of oxazole rings is 1.